The minimum atomic E-state index is -0.128. The molecule has 0 saturated carbocycles. The summed E-state index contributed by atoms with van der Waals surface area (Å²) in [7, 11) is 0. The van der Waals surface area contributed by atoms with E-state index in [9.17, 15) is 4.79 Å². The first-order chi connectivity index (χ1) is 12.7. The molecule has 3 aromatic rings. The zero-order valence-electron chi connectivity index (χ0n) is 14.8. The lowest BCUT2D eigenvalue weighted by molar-refractivity contribution is -0.116. The first-order valence-corrected chi connectivity index (χ1v) is 8.96. The number of anilines is 2. The highest BCUT2D eigenvalue weighted by Crippen LogP contribution is 2.20. The number of amides is 1. The summed E-state index contributed by atoms with van der Waals surface area (Å²) in [4.78, 5) is 27.6. The van der Waals surface area contributed by atoms with E-state index in [0.717, 1.165) is 36.0 Å². The van der Waals surface area contributed by atoms with Crippen molar-refractivity contribution in [2.24, 2.45) is 5.92 Å². The minimum absolute atomic E-state index is 0.128. The van der Waals surface area contributed by atoms with Gasteiger partial charge in [0.1, 0.15) is 6.54 Å². The number of hydrogen-bond acceptors (Lipinski definition) is 5. The number of benzene rings is 1. The molecule has 1 fully saturated rings. The van der Waals surface area contributed by atoms with Crippen molar-refractivity contribution in [2.45, 2.75) is 26.3 Å². The summed E-state index contributed by atoms with van der Waals surface area (Å²) in [6, 6.07) is 7.75. The van der Waals surface area contributed by atoms with E-state index in [-0.39, 0.29) is 12.5 Å². The molecule has 4 rings (SSSR count). The highest BCUT2D eigenvalue weighted by Gasteiger charge is 2.18. The molecular formula is C19H22N6O. The van der Waals surface area contributed by atoms with Gasteiger partial charge in [0.2, 0.25) is 11.9 Å². The maximum Gasteiger partial charge on any atom is 0.244 e. The monoisotopic (exact) mass is 350 g/mol. The molecule has 0 bridgehead atoms. The summed E-state index contributed by atoms with van der Waals surface area (Å²) in [5.41, 5.74) is 2.42. The molecule has 26 heavy (non-hydrogen) atoms. The Labute approximate surface area is 152 Å². The summed E-state index contributed by atoms with van der Waals surface area (Å²) in [6.45, 7) is 4.45. The van der Waals surface area contributed by atoms with Gasteiger partial charge in [0.15, 0.2) is 0 Å². The van der Waals surface area contributed by atoms with E-state index in [0.29, 0.717) is 5.69 Å². The minimum Gasteiger partial charge on any atom is -0.341 e. The van der Waals surface area contributed by atoms with Crippen molar-refractivity contribution < 1.29 is 4.79 Å². The largest absolute Gasteiger partial charge is 0.341 e. The highest BCUT2D eigenvalue weighted by atomic mass is 16.1. The first-order valence-electron chi connectivity index (χ1n) is 8.96. The molecule has 0 radical (unpaired) electrons. The molecule has 0 spiro atoms. The van der Waals surface area contributed by atoms with E-state index in [1.54, 1.807) is 18.7 Å². The van der Waals surface area contributed by atoms with E-state index in [2.05, 4.69) is 32.1 Å². The second-order valence-electron chi connectivity index (χ2n) is 6.85. The normalized spacial score (nSPS) is 15.3. The summed E-state index contributed by atoms with van der Waals surface area (Å²) in [5, 5.41) is 2.85. The summed E-state index contributed by atoms with van der Waals surface area (Å²) in [6.07, 6.45) is 7.36. The third-order valence-corrected chi connectivity index (χ3v) is 4.83. The molecule has 3 heterocycles. The summed E-state index contributed by atoms with van der Waals surface area (Å²) >= 11 is 0. The van der Waals surface area contributed by atoms with Crippen LogP contribution in [0.15, 0.2) is 43.0 Å². The number of carbonyl (C=O) groups is 1. The molecule has 0 aliphatic carbocycles. The van der Waals surface area contributed by atoms with Gasteiger partial charge < -0.3 is 14.8 Å². The number of para-hydroxylation sites is 2. The second-order valence-corrected chi connectivity index (χ2v) is 6.85. The second kappa shape index (κ2) is 7.11. The van der Waals surface area contributed by atoms with Crippen LogP contribution >= 0.6 is 0 Å². The Balaban J connectivity index is 1.38. The Morgan fingerprint density at radius 2 is 1.88 bits per heavy atom. The van der Waals surface area contributed by atoms with Crippen molar-refractivity contribution in [3.8, 4) is 0 Å². The predicted octanol–water partition coefficient (Wildman–Crippen LogP) is 2.70. The molecule has 1 aromatic carbocycles. The molecule has 1 N–H and O–H groups in total. The van der Waals surface area contributed by atoms with E-state index < -0.39 is 0 Å². The first kappa shape index (κ1) is 16.5. The fraction of sp³-hybridized carbons (Fsp3) is 0.368. The van der Waals surface area contributed by atoms with Gasteiger partial charge in [-0.15, -0.1) is 0 Å². The van der Waals surface area contributed by atoms with Crippen LogP contribution in [0.25, 0.3) is 11.0 Å². The van der Waals surface area contributed by atoms with E-state index in [4.69, 9.17) is 0 Å². The van der Waals surface area contributed by atoms with E-state index in [1.165, 1.54) is 12.8 Å². The van der Waals surface area contributed by atoms with Crippen LogP contribution in [0.4, 0.5) is 11.6 Å². The van der Waals surface area contributed by atoms with Crippen LogP contribution < -0.4 is 10.2 Å². The lowest BCUT2D eigenvalue weighted by atomic mass is 10.00. The number of piperidine rings is 1. The molecule has 0 atom stereocenters. The Kier molecular flexibility index (Phi) is 4.51. The zero-order chi connectivity index (χ0) is 17.9. The molecule has 1 saturated heterocycles. The van der Waals surface area contributed by atoms with Crippen LogP contribution in [0.1, 0.15) is 19.8 Å². The van der Waals surface area contributed by atoms with Crippen molar-refractivity contribution in [3.05, 3.63) is 43.0 Å². The topological polar surface area (TPSA) is 75.9 Å². The van der Waals surface area contributed by atoms with Crippen molar-refractivity contribution in [2.75, 3.05) is 23.3 Å². The van der Waals surface area contributed by atoms with Crippen molar-refractivity contribution >= 4 is 28.6 Å². The average molecular weight is 350 g/mol. The number of nitrogens with zero attached hydrogens (tertiary/aromatic N) is 5. The molecule has 1 aliphatic heterocycles. The molecule has 0 unspecified atom stereocenters. The van der Waals surface area contributed by atoms with Gasteiger partial charge in [-0.05, 0) is 30.9 Å². The van der Waals surface area contributed by atoms with E-state index >= 15 is 0 Å². The number of nitrogens with one attached hydrogen (secondary N) is 1. The number of carbonyl (C=O) groups excluding carboxylic acids is 1. The van der Waals surface area contributed by atoms with Gasteiger partial charge in [-0.25, -0.2) is 15.0 Å². The number of aromatic nitrogens is 4. The van der Waals surface area contributed by atoms with Gasteiger partial charge in [-0.3, -0.25) is 4.79 Å². The van der Waals surface area contributed by atoms with Crippen LogP contribution in [0, 0.1) is 5.92 Å². The van der Waals surface area contributed by atoms with Gasteiger partial charge in [0.05, 0.1) is 35.4 Å². The van der Waals surface area contributed by atoms with Crippen molar-refractivity contribution in [1.29, 1.82) is 0 Å². The third kappa shape index (κ3) is 3.51. The molecular weight excluding hydrogens is 328 g/mol. The average Bonchev–Trinajstić information content (AvgIpc) is 3.06. The van der Waals surface area contributed by atoms with Crippen molar-refractivity contribution in [3.63, 3.8) is 0 Å². The van der Waals surface area contributed by atoms with Gasteiger partial charge in [0.25, 0.3) is 0 Å². The maximum absolute atomic E-state index is 12.3. The fourth-order valence-corrected chi connectivity index (χ4v) is 3.25. The van der Waals surface area contributed by atoms with Gasteiger partial charge in [0, 0.05) is 13.1 Å². The van der Waals surface area contributed by atoms with Crippen LogP contribution in [0.3, 0.4) is 0 Å². The molecule has 134 valence electrons. The SMILES string of the molecule is CC1CCN(c2ncc(NC(=O)Cn3cnc4ccccc43)cn2)CC1. The predicted molar refractivity (Wildman–Crippen MR) is 101 cm³/mol. The van der Waals surface area contributed by atoms with Crippen LogP contribution in [-0.2, 0) is 11.3 Å². The van der Waals surface area contributed by atoms with Gasteiger partial charge in [-0.2, -0.15) is 0 Å². The Morgan fingerprint density at radius 1 is 1.15 bits per heavy atom. The number of hydrogen-bond donors (Lipinski definition) is 1. The van der Waals surface area contributed by atoms with Crippen LogP contribution in [-0.4, -0.2) is 38.5 Å². The molecule has 7 nitrogen and oxygen atoms in total. The standard InChI is InChI=1S/C19H22N6O/c1-14-6-8-24(9-7-14)19-20-10-15(11-21-19)23-18(26)12-25-13-22-16-4-2-3-5-17(16)25/h2-5,10-11,13-14H,6-9,12H2,1H3,(H,23,26). The Morgan fingerprint density at radius 3 is 2.65 bits per heavy atom. The van der Waals surface area contributed by atoms with Gasteiger partial charge in [-0.1, -0.05) is 19.1 Å². The number of imidazole rings is 1. The summed E-state index contributed by atoms with van der Waals surface area (Å²) < 4.78 is 1.83. The quantitative estimate of drug-likeness (QED) is 0.783. The molecule has 1 aliphatic rings. The Hall–Kier alpha value is -2.96. The zero-order valence-corrected chi connectivity index (χ0v) is 14.8. The lowest BCUT2D eigenvalue weighted by Gasteiger charge is -2.30. The molecule has 7 heteroatoms. The lowest BCUT2D eigenvalue weighted by Crippen LogP contribution is -2.34. The highest BCUT2D eigenvalue weighted by molar-refractivity contribution is 5.91. The van der Waals surface area contributed by atoms with Crippen molar-refractivity contribution in [1.82, 2.24) is 19.5 Å². The van der Waals surface area contributed by atoms with Crippen LogP contribution in [0.2, 0.25) is 0 Å². The van der Waals surface area contributed by atoms with Gasteiger partial charge >= 0.3 is 0 Å². The maximum atomic E-state index is 12.3. The van der Waals surface area contributed by atoms with Crippen LogP contribution in [0.5, 0.6) is 0 Å². The molecule has 2 aromatic heterocycles. The summed E-state index contributed by atoms with van der Waals surface area (Å²) in [5.74, 6) is 1.37. The third-order valence-electron chi connectivity index (χ3n) is 4.83. The molecule has 1 amide bonds. The van der Waals surface area contributed by atoms with E-state index in [1.807, 2.05) is 28.8 Å². The number of fused-ring (bicyclic) bond motifs is 1. The number of rotatable bonds is 4. The smallest absolute Gasteiger partial charge is 0.244 e. The fourth-order valence-electron chi connectivity index (χ4n) is 3.25. The Bertz CT molecular complexity index is 896.